The quantitative estimate of drug-likeness (QED) is 0.849. The van der Waals surface area contributed by atoms with Crippen molar-refractivity contribution in [3.05, 3.63) is 18.0 Å². The van der Waals surface area contributed by atoms with Gasteiger partial charge in [0.15, 0.2) is 5.13 Å². The third-order valence-corrected chi connectivity index (χ3v) is 6.12. The molecule has 2 aliphatic rings. The minimum absolute atomic E-state index is 0.801. The average Bonchev–Trinajstić information content (AvgIpc) is 2.99. The van der Waals surface area contributed by atoms with Gasteiger partial charge in [-0.2, -0.15) is 0 Å². The second-order valence-corrected chi connectivity index (χ2v) is 7.61. The molecule has 0 saturated carbocycles. The molecule has 2 aliphatic heterocycles. The standard InChI is InChI=1S/C17H24N4S/c1-13-11-16-15(12-18-13)19-17(22-16)21-9-5-14(6-10-21)20-7-3-2-4-8-20/h11-12,14H,2-10H2,1H3. The van der Waals surface area contributed by atoms with Gasteiger partial charge in [-0.25, -0.2) is 4.98 Å². The van der Waals surface area contributed by atoms with Crippen LogP contribution in [0.2, 0.25) is 0 Å². The Kier molecular flexibility index (Phi) is 4.01. The fraction of sp³-hybridized carbons (Fsp3) is 0.647. The lowest BCUT2D eigenvalue weighted by atomic mass is 10.0. The molecule has 0 spiro atoms. The molecule has 118 valence electrons. The summed E-state index contributed by atoms with van der Waals surface area (Å²) in [5, 5.41) is 1.18. The fourth-order valence-corrected chi connectivity index (χ4v) is 4.84. The zero-order valence-electron chi connectivity index (χ0n) is 13.3. The van der Waals surface area contributed by atoms with Gasteiger partial charge in [0.25, 0.3) is 0 Å². The molecule has 4 nitrogen and oxygen atoms in total. The highest BCUT2D eigenvalue weighted by Gasteiger charge is 2.26. The van der Waals surface area contributed by atoms with E-state index in [0.717, 1.165) is 30.3 Å². The number of likely N-dealkylation sites (tertiary alicyclic amines) is 1. The SMILES string of the molecule is Cc1cc2sc(N3CCC(N4CCCCC4)CC3)nc2cn1. The van der Waals surface area contributed by atoms with Crippen LogP contribution in [0.1, 0.15) is 37.8 Å². The van der Waals surface area contributed by atoms with Crippen molar-refractivity contribution in [2.75, 3.05) is 31.1 Å². The lowest BCUT2D eigenvalue weighted by Gasteiger charge is -2.40. The minimum atomic E-state index is 0.801. The van der Waals surface area contributed by atoms with E-state index in [9.17, 15) is 0 Å². The van der Waals surface area contributed by atoms with Crippen molar-refractivity contribution in [1.82, 2.24) is 14.9 Å². The molecule has 22 heavy (non-hydrogen) atoms. The lowest BCUT2D eigenvalue weighted by molar-refractivity contribution is 0.141. The van der Waals surface area contributed by atoms with Crippen molar-refractivity contribution < 1.29 is 0 Å². The summed E-state index contributed by atoms with van der Waals surface area (Å²) in [4.78, 5) is 14.3. The first kappa shape index (κ1) is 14.4. The van der Waals surface area contributed by atoms with E-state index in [1.807, 2.05) is 24.5 Å². The second kappa shape index (κ2) is 6.13. The number of pyridine rings is 1. The summed E-state index contributed by atoms with van der Waals surface area (Å²) < 4.78 is 1.26. The van der Waals surface area contributed by atoms with E-state index in [-0.39, 0.29) is 0 Å². The molecule has 0 amide bonds. The molecule has 4 heterocycles. The van der Waals surface area contributed by atoms with Crippen molar-refractivity contribution in [3.63, 3.8) is 0 Å². The van der Waals surface area contributed by atoms with E-state index in [4.69, 9.17) is 4.98 Å². The van der Waals surface area contributed by atoms with Gasteiger partial charge < -0.3 is 9.80 Å². The Hall–Kier alpha value is -1.20. The third kappa shape index (κ3) is 2.84. The summed E-state index contributed by atoms with van der Waals surface area (Å²) in [6.07, 6.45) is 8.69. The number of fused-ring (bicyclic) bond motifs is 1. The molecule has 0 N–H and O–H groups in total. The number of anilines is 1. The lowest BCUT2D eigenvalue weighted by Crippen LogP contribution is -2.46. The van der Waals surface area contributed by atoms with Crippen LogP contribution in [-0.4, -0.2) is 47.1 Å². The molecule has 2 aromatic rings. The number of hydrogen-bond donors (Lipinski definition) is 0. The van der Waals surface area contributed by atoms with Crippen molar-refractivity contribution in [3.8, 4) is 0 Å². The van der Waals surface area contributed by atoms with Gasteiger partial charge in [0.05, 0.1) is 10.9 Å². The van der Waals surface area contributed by atoms with Gasteiger partial charge in [0, 0.05) is 24.8 Å². The number of piperidine rings is 2. The molecule has 0 aliphatic carbocycles. The van der Waals surface area contributed by atoms with Crippen LogP contribution in [0.4, 0.5) is 5.13 Å². The van der Waals surface area contributed by atoms with Crippen LogP contribution in [0.15, 0.2) is 12.3 Å². The summed E-state index contributed by atoms with van der Waals surface area (Å²) in [5.41, 5.74) is 2.12. The number of nitrogens with zero attached hydrogens (tertiary/aromatic N) is 4. The predicted molar refractivity (Wildman–Crippen MR) is 92.8 cm³/mol. The molecule has 0 bridgehead atoms. The maximum Gasteiger partial charge on any atom is 0.186 e. The molecule has 2 saturated heterocycles. The van der Waals surface area contributed by atoms with Crippen molar-refractivity contribution >= 4 is 26.7 Å². The van der Waals surface area contributed by atoms with E-state index in [2.05, 4.69) is 20.9 Å². The molecule has 0 aromatic carbocycles. The van der Waals surface area contributed by atoms with Gasteiger partial charge in [-0.1, -0.05) is 17.8 Å². The van der Waals surface area contributed by atoms with E-state index in [1.54, 1.807) is 0 Å². The van der Waals surface area contributed by atoms with E-state index in [1.165, 1.54) is 55.0 Å². The number of rotatable bonds is 2. The van der Waals surface area contributed by atoms with Gasteiger partial charge in [-0.05, 0) is 51.8 Å². The van der Waals surface area contributed by atoms with Crippen molar-refractivity contribution in [1.29, 1.82) is 0 Å². The molecule has 4 rings (SSSR count). The molecule has 0 unspecified atom stereocenters. The summed E-state index contributed by atoms with van der Waals surface area (Å²) in [6.45, 7) is 6.97. The number of aromatic nitrogens is 2. The first-order valence-electron chi connectivity index (χ1n) is 8.52. The molecule has 5 heteroatoms. The molecular formula is C17H24N4S. The molecule has 0 atom stereocenters. The maximum atomic E-state index is 4.78. The highest BCUT2D eigenvalue weighted by molar-refractivity contribution is 7.22. The van der Waals surface area contributed by atoms with E-state index in [0.29, 0.717) is 0 Å². The Bertz CT molecular complexity index is 639. The summed E-state index contributed by atoms with van der Waals surface area (Å²) in [7, 11) is 0. The summed E-state index contributed by atoms with van der Waals surface area (Å²) >= 11 is 1.82. The Labute approximate surface area is 136 Å². The van der Waals surface area contributed by atoms with E-state index >= 15 is 0 Å². The summed E-state index contributed by atoms with van der Waals surface area (Å²) in [6, 6.07) is 2.95. The van der Waals surface area contributed by atoms with Gasteiger partial charge >= 0.3 is 0 Å². The Morgan fingerprint density at radius 3 is 2.64 bits per heavy atom. The first-order chi connectivity index (χ1) is 10.8. The van der Waals surface area contributed by atoms with Crippen LogP contribution >= 0.6 is 11.3 Å². The van der Waals surface area contributed by atoms with Crippen molar-refractivity contribution in [2.24, 2.45) is 0 Å². The Morgan fingerprint density at radius 2 is 1.86 bits per heavy atom. The van der Waals surface area contributed by atoms with Gasteiger partial charge in [0.2, 0.25) is 0 Å². The van der Waals surface area contributed by atoms with Gasteiger partial charge in [0.1, 0.15) is 5.52 Å². The van der Waals surface area contributed by atoms with Crippen LogP contribution in [0.3, 0.4) is 0 Å². The summed E-state index contributed by atoms with van der Waals surface area (Å²) in [5.74, 6) is 0. The maximum absolute atomic E-state index is 4.78. The van der Waals surface area contributed by atoms with E-state index < -0.39 is 0 Å². The Morgan fingerprint density at radius 1 is 1.09 bits per heavy atom. The topological polar surface area (TPSA) is 32.3 Å². The average molecular weight is 316 g/mol. The molecule has 2 fully saturated rings. The molecule has 0 radical (unpaired) electrons. The van der Waals surface area contributed by atoms with Crippen LogP contribution < -0.4 is 4.90 Å². The minimum Gasteiger partial charge on any atom is -0.348 e. The largest absolute Gasteiger partial charge is 0.348 e. The van der Waals surface area contributed by atoms with Gasteiger partial charge in [-0.3, -0.25) is 4.98 Å². The molecule has 2 aromatic heterocycles. The number of aryl methyl sites for hydroxylation is 1. The normalized spacial score (nSPS) is 21.6. The smallest absolute Gasteiger partial charge is 0.186 e. The number of hydrogen-bond acceptors (Lipinski definition) is 5. The number of thiazole rings is 1. The highest BCUT2D eigenvalue weighted by Crippen LogP contribution is 2.31. The van der Waals surface area contributed by atoms with Crippen LogP contribution in [-0.2, 0) is 0 Å². The first-order valence-corrected chi connectivity index (χ1v) is 9.33. The van der Waals surface area contributed by atoms with Crippen LogP contribution in [0.25, 0.3) is 10.2 Å². The fourth-order valence-electron chi connectivity index (χ4n) is 3.76. The van der Waals surface area contributed by atoms with Crippen LogP contribution in [0, 0.1) is 6.92 Å². The van der Waals surface area contributed by atoms with Crippen LogP contribution in [0.5, 0.6) is 0 Å². The highest BCUT2D eigenvalue weighted by atomic mass is 32.1. The zero-order chi connectivity index (χ0) is 14.9. The van der Waals surface area contributed by atoms with Gasteiger partial charge in [-0.15, -0.1) is 0 Å². The predicted octanol–water partition coefficient (Wildman–Crippen LogP) is 3.45. The Balaban J connectivity index is 1.43. The zero-order valence-corrected chi connectivity index (χ0v) is 14.1. The monoisotopic (exact) mass is 316 g/mol. The third-order valence-electron chi connectivity index (χ3n) is 5.04. The van der Waals surface area contributed by atoms with Crippen molar-refractivity contribution in [2.45, 2.75) is 45.1 Å². The second-order valence-electron chi connectivity index (χ2n) is 6.60. The molecular weight excluding hydrogens is 292 g/mol.